The fraction of sp³-hybridized carbons (Fsp3) is 0.333. The van der Waals surface area contributed by atoms with Crippen LogP contribution in [-0.4, -0.2) is 22.1 Å². The van der Waals surface area contributed by atoms with Crippen LogP contribution in [-0.2, 0) is 11.3 Å². The van der Waals surface area contributed by atoms with Crippen molar-refractivity contribution < 1.29 is 9.52 Å². The van der Waals surface area contributed by atoms with Gasteiger partial charge in [0.05, 0.1) is 5.75 Å². The number of pyridine rings is 1. The molecular formula is C18H22N2O2S. The largest absolute Gasteiger partial charge is 0.618 e. The maximum Gasteiger partial charge on any atom is 0.251 e. The smallest absolute Gasteiger partial charge is 0.251 e. The van der Waals surface area contributed by atoms with E-state index in [9.17, 15) is 10.0 Å². The van der Waals surface area contributed by atoms with Crippen LogP contribution in [0.3, 0.4) is 0 Å². The minimum atomic E-state index is -0.280. The molecule has 1 heterocycles. The minimum Gasteiger partial charge on any atom is -0.618 e. The SMILES string of the molecule is CC(C)(C)N(Cc1ccccc1)C(=O)CSc1cccc[n+]1[O-]. The molecule has 0 unspecified atom stereocenters. The average molecular weight is 330 g/mol. The number of aromatic nitrogens is 1. The Kier molecular flexibility index (Phi) is 5.66. The van der Waals surface area contributed by atoms with Crippen molar-refractivity contribution in [1.82, 2.24) is 4.90 Å². The van der Waals surface area contributed by atoms with Crippen LogP contribution in [0.5, 0.6) is 0 Å². The number of carbonyl (C=O) groups is 1. The highest BCUT2D eigenvalue weighted by Gasteiger charge is 2.27. The van der Waals surface area contributed by atoms with Gasteiger partial charge < -0.3 is 10.1 Å². The molecule has 2 rings (SSSR count). The van der Waals surface area contributed by atoms with Crippen molar-refractivity contribution in [2.75, 3.05) is 5.75 Å². The molecule has 122 valence electrons. The lowest BCUT2D eigenvalue weighted by Crippen LogP contribution is -2.46. The summed E-state index contributed by atoms with van der Waals surface area (Å²) in [5.41, 5.74) is 0.816. The molecule has 0 saturated carbocycles. The molecule has 0 aliphatic rings. The van der Waals surface area contributed by atoms with E-state index in [2.05, 4.69) is 0 Å². The zero-order valence-corrected chi connectivity index (χ0v) is 14.5. The molecule has 1 amide bonds. The first-order chi connectivity index (χ1) is 10.9. The summed E-state index contributed by atoms with van der Waals surface area (Å²) in [5, 5.41) is 12.2. The van der Waals surface area contributed by atoms with E-state index in [-0.39, 0.29) is 17.2 Å². The molecule has 1 aromatic carbocycles. The summed E-state index contributed by atoms with van der Waals surface area (Å²) in [5.74, 6) is 0.270. The van der Waals surface area contributed by atoms with Gasteiger partial charge in [0.2, 0.25) is 5.91 Å². The molecule has 23 heavy (non-hydrogen) atoms. The van der Waals surface area contributed by atoms with E-state index in [1.807, 2.05) is 56.0 Å². The second-order valence-electron chi connectivity index (χ2n) is 6.29. The zero-order chi connectivity index (χ0) is 16.9. The minimum absolute atomic E-state index is 0.0233. The van der Waals surface area contributed by atoms with Crippen LogP contribution in [0.4, 0.5) is 0 Å². The van der Waals surface area contributed by atoms with Gasteiger partial charge in [-0.15, -0.1) is 0 Å². The third-order valence-corrected chi connectivity index (χ3v) is 4.43. The first-order valence-corrected chi connectivity index (χ1v) is 8.52. The van der Waals surface area contributed by atoms with Crippen molar-refractivity contribution in [2.24, 2.45) is 0 Å². The van der Waals surface area contributed by atoms with Gasteiger partial charge in [0.25, 0.3) is 5.03 Å². The molecular weight excluding hydrogens is 308 g/mol. The van der Waals surface area contributed by atoms with E-state index in [1.54, 1.807) is 18.2 Å². The van der Waals surface area contributed by atoms with Gasteiger partial charge in [0, 0.05) is 24.2 Å². The van der Waals surface area contributed by atoms with E-state index >= 15 is 0 Å². The third-order valence-electron chi connectivity index (χ3n) is 3.43. The topological polar surface area (TPSA) is 47.2 Å². The van der Waals surface area contributed by atoms with Crippen molar-refractivity contribution in [1.29, 1.82) is 0 Å². The Bertz CT molecular complexity index is 654. The summed E-state index contributed by atoms with van der Waals surface area (Å²) in [4.78, 5) is 14.5. The lowest BCUT2D eigenvalue weighted by Gasteiger charge is -2.35. The zero-order valence-electron chi connectivity index (χ0n) is 13.7. The van der Waals surface area contributed by atoms with Crippen molar-refractivity contribution >= 4 is 17.7 Å². The Balaban J connectivity index is 2.07. The van der Waals surface area contributed by atoms with Gasteiger partial charge in [0.1, 0.15) is 0 Å². The van der Waals surface area contributed by atoms with E-state index in [1.165, 1.54) is 18.0 Å². The fourth-order valence-corrected chi connectivity index (χ4v) is 2.99. The van der Waals surface area contributed by atoms with Gasteiger partial charge in [-0.05, 0) is 44.2 Å². The molecule has 4 nitrogen and oxygen atoms in total. The van der Waals surface area contributed by atoms with Crippen molar-refractivity contribution in [3.63, 3.8) is 0 Å². The lowest BCUT2D eigenvalue weighted by atomic mass is 10.0. The van der Waals surface area contributed by atoms with Gasteiger partial charge >= 0.3 is 0 Å². The van der Waals surface area contributed by atoms with Gasteiger partial charge in [-0.1, -0.05) is 30.3 Å². The van der Waals surface area contributed by atoms with Gasteiger partial charge in [0.15, 0.2) is 6.20 Å². The number of hydrogen-bond acceptors (Lipinski definition) is 3. The van der Waals surface area contributed by atoms with Gasteiger partial charge in [-0.3, -0.25) is 4.79 Å². The highest BCUT2D eigenvalue weighted by Crippen LogP contribution is 2.21. The Hall–Kier alpha value is -2.01. The Morgan fingerprint density at radius 3 is 2.39 bits per heavy atom. The summed E-state index contributed by atoms with van der Waals surface area (Å²) in [6.07, 6.45) is 1.44. The highest BCUT2D eigenvalue weighted by molar-refractivity contribution is 7.99. The molecule has 0 N–H and O–H groups in total. The van der Waals surface area contributed by atoms with Crippen LogP contribution in [0, 0.1) is 5.21 Å². The summed E-state index contributed by atoms with van der Waals surface area (Å²) >= 11 is 1.27. The van der Waals surface area contributed by atoms with Crippen LogP contribution < -0.4 is 4.73 Å². The molecule has 0 spiro atoms. The first kappa shape index (κ1) is 17.3. The van der Waals surface area contributed by atoms with E-state index in [0.717, 1.165) is 10.3 Å². The van der Waals surface area contributed by atoms with Crippen molar-refractivity contribution in [3.05, 3.63) is 65.5 Å². The van der Waals surface area contributed by atoms with Crippen LogP contribution in [0.1, 0.15) is 26.3 Å². The molecule has 0 radical (unpaired) electrons. The van der Waals surface area contributed by atoms with Crippen LogP contribution >= 0.6 is 11.8 Å². The lowest BCUT2D eigenvalue weighted by molar-refractivity contribution is -0.645. The fourth-order valence-electron chi connectivity index (χ4n) is 2.20. The Morgan fingerprint density at radius 1 is 1.13 bits per heavy atom. The number of hydrogen-bond donors (Lipinski definition) is 0. The first-order valence-electron chi connectivity index (χ1n) is 7.53. The number of amides is 1. The normalized spacial score (nSPS) is 11.3. The molecule has 0 aliphatic heterocycles. The summed E-state index contributed by atoms with van der Waals surface area (Å²) in [6.45, 7) is 6.63. The number of rotatable bonds is 5. The second kappa shape index (κ2) is 7.51. The molecule has 0 saturated heterocycles. The standard InChI is InChI=1S/C18H22N2O2S/c1-18(2,3)19(13-15-9-5-4-6-10-15)16(21)14-23-17-11-7-8-12-20(17)22/h4-12H,13-14H2,1-3H3. The van der Waals surface area contributed by atoms with E-state index in [4.69, 9.17) is 0 Å². The Labute approximate surface area is 141 Å². The monoisotopic (exact) mass is 330 g/mol. The molecule has 0 aliphatic carbocycles. The maximum atomic E-state index is 12.7. The van der Waals surface area contributed by atoms with Crippen molar-refractivity contribution in [2.45, 2.75) is 37.9 Å². The van der Waals surface area contributed by atoms with Gasteiger partial charge in [-0.2, -0.15) is 4.73 Å². The second-order valence-corrected chi connectivity index (χ2v) is 7.29. The summed E-state index contributed by atoms with van der Waals surface area (Å²) in [7, 11) is 0. The third kappa shape index (κ3) is 4.99. The highest BCUT2D eigenvalue weighted by atomic mass is 32.2. The number of benzene rings is 1. The quantitative estimate of drug-likeness (QED) is 0.480. The maximum absolute atomic E-state index is 12.7. The Morgan fingerprint density at radius 2 is 1.78 bits per heavy atom. The number of nitrogens with zero attached hydrogens (tertiary/aromatic N) is 2. The molecule has 0 atom stereocenters. The van der Waals surface area contributed by atoms with Gasteiger partial charge in [-0.25, -0.2) is 0 Å². The summed E-state index contributed by atoms with van der Waals surface area (Å²) < 4.78 is 0.788. The molecule has 1 aromatic heterocycles. The predicted octanol–water partition coefficient (Wildman–Crippen LogP) is 3.24. The van der Waals surface area contributed by atoms with Crippen LogP contribution in [0.15, 0.2) is 59.8 Å². The van der Waals surface area contributed by atoms with Crippen LogP contribution in [0.2, 0.25) is 0 Å². The molecule has 5 heteroatoms. The van der Waals surface area contributed by atoms with Crippen molar-refractivity contribution in [3.8, 4) is 0 Å². The number of carbonyl (C=O) groups excluding carboxylic acids is 1. The molecule has 2 aromatic rings. The number of thioether (sulfide) groups is 1. The van der Waals surface area contributed by atoms with E-state index in [0.29, 0.717) is 11.6 Å². The average Bonchev–Trinajstić information content (AvgIpc) is 2.51. The summed E-state index contributed by atoms with van der Waals surface area (Å²) in [6, 6.07) is 15.1. The predicted molar refractivity (Wildman–Crippen MR) is 92.9 cm³/mol. The van der Waals surface area contributed by atoms with E-state index < -0.39 is 0 Å². The molecule has 0 bridgehead atoms. The van der Waals surface area contributed by atoms with Crippen LogP contribution in [0.25, 0.3) is 0 Å². The molecule has 0 fully saturated rings.